The first kappa shape index (κ1) is 17.6. The third kappa shape index (κ3) is 3.83. The number of halogens is 1. The zero-order valence-electron chi connectivity index (χ0n) is 14.4. The van der Waals surface area contributed by atoms with Crippen molar-refractivity contribution in [3.63, 3.8) is 0 Å². The molecule has 0 unspecified atom stereocenters. The zero-order valence-corrected chi connectivity index (χ0v) is 15.2. The first-order chi connectivity index (χ1) is 13.1. The maximum atomic E-state index is 12.3. The van der Waals surface area contributed by atoms with Crippen LogP contribution in [0.3, 0.4) is 0 Å². The molecule has 27 heavy (non-hydrogen) atoms. The Labute approximate surface area is 159 Å². The van der Waals surface area contributed by atoms with Crippen molar-refractivity contribution in [2.75, 3.05) is 49.7 Å². The molecule has 1 aromatic heterocycles. The highest BCUT2D eigenvalue weighted by Crippen LogP contribution is 2.34. The Morgan fingerprint density at radius 1 is 1.22 bits per heavy atom. The Morgan fingerprint density at radius 2 is 2.00 bits per heavy atom. The number of fused-ring (bicyclic) bond motifs is 1. The lowest BCUT2D eigenvalue weighted by Gasteiger charge is -2.35. The van der Waals surface area contributed by atoms with Gasteiger partial charge in [-0.25, -0.2) is 5.10 Å². The number of hydrogen-bond donors (Lipinski definition) is 2. The maximum Gasteiger partial charge on any atom is 0.285 e. The Morgan fingerprint density at radius 3 is 2.81 bits per heavy atom. The number of amides is 1. The summed E-state index contributed by atoms with van der Waals surface area (Å²) in [4.78, 5) is 27.9. The van der Waals surface area contributed by atoms with Crippen molar-refractivity contribution in [1.29, 1.82) is 0 Å². The van der Waals surface area contributed by atoms with Gasteiger partial charge in [0.1, 0.15) is 5.02 Å². The molecule has 0 saturated carbocycles. The zero-order chi connectivity index (χ0) is 18.8. The highest BCUT2D eigenvalue weighted by Gasteiger charge is 2.22. The first-order valence-corrected chi connectivity index (χ1v) is 8.88. The Balaban J connectivity index is 1.30. The minimum Gasteiger partial charge on any atom is -0.454 e. The fourth-order valence-electron chi connectivity index (χ4n) is 3.12. The van der Waals surface area contributed by atoms with Crippen molar-refractivity contribution >= 4 is 28.9 Å². The molecule has 0 aliphatic carbocycles. The number of piperazine rings is 1. The van der Waals surface area contributed by atoms with E-state index in [2.05, 4.69) is 15.5 Å². The lowest BCUT2D eigenvalue weighted by Crippen LogP contribution is -2.49. The summed E-state index contributed by atoms with van der Waals surface area (Å²) >= 11 is 6.06. The van der Waals surface area contributed by atoms with Crippen molar-refractivity contribution in [1.82, 2.24) is 15.1 Å². The number of nitrogens with one attached hydrogen (secondary N) is 2. The molecular formula is C17H18ClN5O4. The lowest BCUT2D eigenvalue weighted by atomic mass is 10.2. The van der Waals surface area contributed by atoms with Crippen molar-refractivity contribution in [3.8, 4) is 11.5 Å². The van der Waals surface area contributed by atoms with E-state index >= 15 is 0 Å². The summed E-state index contributed by atoms with van der Waals surface area (Å²) in [7, 11) is 0. The fourth-order valence-corrected chi connectivity index (χ4v) is 3.33. The predicted octanol–water partition coefficient (Wildman–Crippen LogP) is 0.913. The van der Waals surface area contributed by atoms with Crippen LogP contribution in [0.4, 0.5) is 11.4 Å². The van der Waals surface area contributed by atoms with Crippen LogP contribution < -0.4 is 25.2 Å². The number of anilines is 2. The molecule has 1 fully saturated rings. The van der Waals surface area contributed by atoms with Gasteiger partial charge in [-0.05, 0) is 12.1 Å². The van der Waals surface area contributed by atoms with E-state index in [4.69, 9.17) is 21.1 Å². The molecular weight excluding hydrogens is 374 g/mol. The topological polar surface area (TPSA) is 99.8 Å². The Bertz CT molecular complexity index is 910. The standard InChI is InChI=1S/C17H18ClN5O4/c18-16-12(8-19-21-17(16)25)23-5-3-22(4-6-23)9-15(24)20-11-1-2-13-14(7-11)27-10-26-13/h1-2,7-8H,3-6,9-10H2,(H,20,24)(H,21,25). The van der Waals surface area contributed by atoms with Gasteiger partial charge in [-0.15, -0.1) is 0 Å². The van der Waals surface area contributed by atoms with E-state index in [0.29, 0.717) is 49.1 Å². The minimum atomic E-state index is -0.403. The van der Waals surface area contributed by atoms with Gasteiger partial charge in [-0.2, -0.15) is 5.10 Å². The molecule has 2 aliphatic heterocycles. The molecule has 0 bridgehead atoms. The molecule has 2 aliphatic rings. The number of carbonyl (C=O) groups excluding carboxylic acids is 1. The highest BCUT2D eigenvalue weighted by atomic mass is 35.5. The molecule has 0 atom stereocenters. The summed E-state index contributed by atoms with van der Waals surface area (Å²) in [6.45, 7) is 3.15. The summed E-state index contributed by atoms with van der Waals surface area (Å²) in [5.74, 6) is 1.21. The van der Waals surface area contributed by atoms with Crippen LogP contribution in [0, 0.1) is 0 Å². The van der Waals surface area contributed by atoms with Gasteiger partial charge in [0.2, 0.25) is 12.7 Å². The van der Waals surface area contributed by atoms with E-state index in [-0.39, 0.29) is 24.3 Å². The lowest BCUT2D eigenvalue weighted by molar-refractivity contribution is -0.117. The number of hydrogen-bond acceptors (Lipinski definition) is 7. The second-order valence-electron chi connectivity index (χ2n) is 6.28. The highest BCUT2D eigenvalue weighted by molar-refractivity contribution is 6.33. The number of benzene rings is 1. The number of ether oxygens (including phenoxy) is 2. The van der Waals surface area contributed by atoms with E-state index in [1.54, 1.807) is 24.4 Å². The van der Waals surface area contributed by atoms with Gasteiger partial charge in [-0.1, -0.05) is 11.6 Å². The number of carbonyl (C=O) groups is 1. The Kier molecular flexibility index (Phi) is 4.87. The number of aromatic amines is 1. The summed E-state index contributed by atoms with van der Waals surface area (Å²) in [6, 6.07) is 5.31. The monoisotopic (exact) mass is 391 g/mol. The van der Waals surface area contributed by atoms with Crippen LogP contribution in [0.2, 0.25) is 5.02 Å². The smallest absolute Gasteiger partial charge is 0.285 e. The van der Waals surface area contributed by atoms with Crippen molar-refractivity contribution in [2.45, 2.75) is 0 Å². The molecule has 1 aromatic carbocycles. The van der Waals surface area contributed by atoms with E-state index in [1.165, 1.54) is 0 Å². The second kappa shape index (κ2) is 7.45. The van der Waals surface area contributed by atoms with Crippen LogP contribution in [-0.2, 0) is 4.79 Å². The molecule has 1 saturated heterocycles. The van der Waals surface area contributed by atoms with Crippen LogP contribution in [0.1, 0.15) is 0 Å². The molecule has 9 nitrogen and oxygen atoms in total. The van der Waals surface area contributed by atoms with Crippen molar-refractivity contribution in [2.24, 2.45) is 0 Å². The molecule has 1 amide bonds. The van der Waals surface area contributed by atoms with Gasteiger partial charge in [0.25, 0.3) is 5.56 Å². The van der Waals surface area contributed by atoms with Gasteiger partial charge in [0.15, 0.2) is 11.5 Å². The number of nitrogens with zero attached hydrogens (tertiary/aromatic N) is 3. The van der Waals surface area contributed by atoms with E-state index in [1.807, 2.05) is 9.80 Å². The fraction of sp³-hybridized carbons (Fsp3) is 0.353. The summed E-state index contributed by atoms with van der Waals surface area (Å²) < 4.78 is 10.6. The van der Waals surface area contributed by atoms with Gasteiger partial charge < -0.3 is 19.7 Å². The van der Waals surface area contributed by atoms with Crippen molar-refractivity contribution < 1.29 is 14.3 Å². The van der Waals surface area contributed by atoms with Crippen LogP contribution in [0.25, 0.3) is 0 Å². The summed E-state index contributed by atoms with van der Waals surface area (Å²) in [6.07, 6.45) is 1.55. The van der Waals surface area contributed by atoms with E-state index in [0.717, 1.165) is 0 Å². The van der Waals surface area contributed by atoms with Gasteiger partial charge in [-0.3, -0.25) is 14.5 Å². The third-order valence-electron chi connectivity index (χ3n) is 4.51. The average Bonchev–Trinajstić information content (AvgIpc) is 3.12. The molecule has 0 spiro atoms. The number of aromatic nitrogens is 2. The van der Waals surface area contributed by atoms with Crippen molar-refractivity contribution in [3.05, 3.63) is 39.8 Å². The number of rotatable bonds is 4. The molecule has 4 rings (SSSR count). The van der Waals surface area contributed by atoms with E-state index < -0.39 is 5.56 Å². The third-order valence-corrected chi connectivity index (χ3v) is 4.88. The summed E-state index contributed by atoms with van der Waals surface area (Å²) in [5.41, 5.74) is 0.883. The molecule has 2 N–H and O–H groups in total. The minimum absolute atomic E-state index is 0.0989. The SMILES string of the molecule is O=C(CN1CCN(c2cn[nH]c(=O)c2Cl)CC1)Nc1ccc2c(c1)OCO2. The van der Waals surface area contributed by atoms with Crippen LogP contribution in [0.5, 0.6) is 11.5 Å². The molecule has 142 valence electrons. The van der Waals surface area contributed by atoms with Gasteiger partial charge in [0, 0.05) is 37.9 Å². The largest absolute Gasteiger partial charge is 0.454 e. The molecule has 3 heterocycles. The van der Waals surface area contributed by atoms with Gasteiger partial charge in [0.05, 0.1) is 18.4 Å². The summed E-state index contributed by atoms with van der Waals surface area (Å²) in [5, 5.41) is 9.12. The molecule has 0 radical (unpaired) electrons. The average molecular weight is 392 g/mol. The predicted molar refractivity (Wildman–Crippen MR) is 99.7 cm³/mol. The van der Waals surface area contributed by atoms with Crippen LogP contribution in [-0.4, -0.2) is 60.5 Å². The normalized spacial score (nSPS) is 16.4. The molecule has 10 heteroatoms. The second-order valence-corrected chi connectivity index (χ2v) is 6.66. The van der Waals surface area contributed by atoms with Crippen LogP contribution in [0.15, 0.2) is 29.2 Å². The molecule has 2 aromatic rings. The quantitative estimate of drug-likeness (QED) is 0.799. The Hall–Kier alpha value is -2.78. The maximum absolute atomic E-state index is 12.3. The van der Waals surface area contributed by atoms with Crippen LogP contribution >= 0.6 is 11.6 Å². The number of H-pyrrole nitrogens is 1. The first-order valence-electron chi connectivity index (χ1n) is 8.50. The van der Waals surface area contributed by atoms with E-state index in [9.17, 15) is 9.59 Å². The van der Waals surface area contributed by atoms with Gasteiger partial charge >= 0.3 is 0 Å².